The fraction of sp³-hybridized carbons (Fsp3) is 0.500. The predicted molar refractivity (Wildman–Crippen MR) is 76.8 cm³/mol. The second kappa shape index (κ2) is 8.26. The minimum atomic E-state index is 0.583. The molecule has 1 aromatic carbocycles. The summed E-state index contributed by atoms with van der Waals surface area (Å²) in [5, 5.41) is 0. The molecule has 1 atom stereocenters. The fourth-order valence-electron chi connectivity index (χ4n) is 1.08. The van der Waals surface area contributed by atoms with Crippen molar-refractivity contribution in [1.82, 2.24) is 0 Å². The quantitative estimate of drug-likeness (QED) is 0.542. The normalized spacial score (nSPS) is 12.4. The van der Waals surface area contributed by atoms with Crippen LogP contribution < -0.4 is 4.74 Å². The van der Waals surface area contributed by atoms with Gasteiger partial charge in [0.2, 0.25) is 0 Å². The van der Waals surface area contributed by atoms with Crippen LogP contribution in [0.3, 0.4) is 0 Å². The Balaban J connectivity index is 2.09. The third-order valence-electron chi connectivity index (χ3n) is 1.98. The van der Waals surface area contributed by atoms with Gasteiger partial charge < -0.3 is 4.74 Å². The van der Waals surface area contributed by atoms with E-state index < -0.39 is 0 Å². The monoisotopic (exact) mass is 322 g/mol. The largest absolute Gasteiger partial charge is 0.493 e. The molecule has 1 unspecified atom stereocenters. The van der Waals surface area contributed by atoms with Gasteiger partial charge >= 0.3 is 0 Å². The van der Waals surface area contributed by atoms with Crippen molar-refractivity contribution in [3.05, 3.63) is 28.7 Å². The van der Waals surface area contributed by atoms with Gasteiger partial charge in [-0.25, -0.2) is 0 Å². The van der Waals surface area contributed by atoms with Gasteiger partial charge in [0.15, 0.2) is 0 Å². The van der Waals surface area contributed by atoms with Crippen molar-refractivity contribution in [2.24, 2.45) is 5.92 Å². The van der Waals surface area contributed by atoms with E-state index in [1.807, 2.05) is 36.0 Å². The zero-order valence-corrected chi connectivity index (χ0v) is 12.4. The molecule has 4 heteroatoms. The minimum Gasteiger partial charge on any atom is -0.493 e. The van der Waals surface area contributed by atoms with Crippen molar-refractivity contribution >= 4 is 39.3 Å². The first-order chi connectivity index (χ1) is 7.72. The maximum atomic E-state index is 5.73. The molecule has 0 spiro atoms. The highest BCUT2D eigenvalue weighted by Gasteiger charge is 1.99. The van der Waals surface area contributed by atoms with Gasteiger partial charge in [0, 0.05) is 16.1 Å². The lowest BCUT2D eigenvalue weighted by molar-refractivity contribution is 0.344. The zero-order valence-electron chi connectivity index (χ0n) is 9.29. The number of thioether (sulfide) groups is 1. The zero-order chi connectivity index (χ0) is 11.8. The lowest BCUT2D eigenvalue weighted by atomic mass is 10.3. The molecule has 90 valence electrons. The third kappa shape index (κ3) is 6.02. The third-order valence-corrected chi connectivity index (χ3v) is 4.29. The predicted octanol–water partition coefficient (Wildman–Crippen LogP) is 4.44. The average molecular weight is 324 g/mol. The molecule has 0 aliphatic heterocycles. The van der Waals surface area contributed by atoms with Gasteiger partial charge in [0.25, 0.3) is 0 Å². The van der Waals surface area contributed by atoms with Crippen molar-refractivity contribution in [1.29, 1.82) is 0 Å². The second-order valence-electron chi connectivity index (χ2n) is 3.64. The molecule has 0 heterocycles. The maximum absolute atomic E-state index is 5.73. The van der Waals surface area contributed by atoms with Gasteiger partial charge in [-0.15, -0.1) is 11.6 Å². The van der Waals surface area contributed by atoms with E-state index in [0.29, 0.717) is 5.92 Å². The lowest BCUT2D eigenvalue weighted by Crippen LogP contribution is -2.04. The molecule has 0 saturated heterocycles. The van der Waals surface area contributed by atoms with Crippen LogP contribution >= 0.6 is 39.3 Å². The van der Waals surface area contributed by atoms with E-state index >= 15 is 0 Å². The number of alkyl halides is 1. The molecule has 0 fully saturated rings. The molecule has 1 nitrogen and oxygen atoms in total. The Morgan fingerprint density at radius 2 is 2.06 bits per heavy atom. The topological polar surface area (TPSA) is 9.23 Å². The van der Waals surface area contributed by atoms with E-state index in [2.05, 4.69) is 22.9 Å². The van der Waals surface area contributed by atoms with Crippen molar-refractivity contribution in [2.75, 3.05) is 24.0 Å². The summed E-state index contributed by atoms with van der Waals surface area (Å²) < 4.78 is 6.68. The van der Waals surface area contributed by atoms with Crippen LogP contribution in [0.25, 0.3) is 0 Å². The van der Waals surface area contributed by atoms with Gasteiger partial charge in [-0.05, 0) is 35.9 Å². The summed E-state index contributed by atoms with van der Waals surface area (Å²) in [6, 6.07) is 7.91. The van der Waals surface area contributed by atoms with Crippen LogP contribution in [-0.4, -0.2) is 24.0 Å². The lowest BCUT2D eigenvalue weighted by Gasteiger charge is -2.08. The average Bonchev–Trinajstić information content (AvgIpc) is 2.31. The van der Waals surface area contributed by atoms with E-state index in [-0.39, 0.29) is 0 Å². The SMILES string of the molecule is CC(CCl)CSCCOc1ccc(Br)cc1. The summed E-state index contributed by atoms with van der Waals surface area (Å²) in [6.45, 7) is 2.91. The van der Waals surface area contributed by atoms with Crippen LogP contribution in [0.15, 0.2) is 28.7 Å². The molecule has 0 N–H and O–H groups in total. The number of hydrogen-bond acceptors (Lipinski definition) is 2. The van der Waals surface area contributed by atoms with Crippen LogP contribution in [0.5, 0.6) is 5.75 Å². The highest BCUT2D eigenvalue weighted by molar-refractivity contribution is 9.10. The van der Waals surface area contributed by atoms with Gasteiger partial charge in [-0.1, -0.05) is 22.9 Å². The molecule has 0 saturated carbocycles. The van der Waals surface area contributed by atoms with Gasteiger partial charge in [0.1, 0.15) is 5.75 Å². The Bertz CT molecular complexity index is 292. The minimum absolute atomic E-state index is 0.583. The summed E-state index contributed by atoms with van der Waals surface area (Å²) >= 11 is 11.0. The van der Waals surface area contributed by atoms with Crippen molar-refractivity contribution in [3.63, 3.8) is 0 Å². The van der Waals surface area contributed by atoms with Gasteiger partial charge in [-0.3, -0.25) is 0 Å². The van der Waals surface area contributed by atoms with Crippen LogP contribution in [0.4, 0.5) is 0 Å². The van der Waals surface area contributed by atoms with E-state index in [4.69, 9.17) is 16.3 Å². The second-order valence-corrected chi connectivity index (χ2v) is 6.01. The molecule has 1 aromatic rings. The summed E-state index contributed by atoms with van der Waals surface area (Å²) in [4.78, 5) is 0. The van der Waals surface area contributed by atoms with Gasteiger partial charge in [0.05, 0.1) is 6.61 Å². The Kier molecular flexibility index (Phi) is 7.33. The van der Waals surface area contributed by atoms with Crippen molar-refractivity contribution in [3.8, 4) is 5.75 Å². The van der Waals surface area contributed by atoms with E-state index in [9.17, 15) is 0 Å². The number of halogens is 2. The van der Waals surface area contributed by atoms with E-state index in [1.165, 1.54) is 0 Å². The van der Waals surface area contributed by atoms with E-state index in [1.54, 1.807) is 0 Å². The molecule has 16 heavy (non-hydrogen) atoms. The highest BCUT2D eigenvalue weighted by Crippen LogP contribution is 2.16. The molecule has 0 aliphatic rings. The van der Waals surface area contributed by atoms with Crippen molar-refractivity contribution < 1.29 is 4.74 Å². The molecule has 0 aromatic heterocycles. The Hall–Kier alpha value is 0.140. The first-order valence-electron chi connectivity index (χ1n) is 5.24. The number of benzene rings is 1. The number of ether oxygens (including phenoxy) is 1. The molecule has 0 amide bonds. The fourth-order valence-corrected chi connectivity index (χ4v) is 2.47. The Morgan fingerprint density at radius 3 is 2.69 bits per heavy atom. The Labute approximate surface area is 115 Å². The molecular formula is C12H16BrClOS. The summed E-state index contributed by atoms with van der Waals surface area (Å²) in [7, 11) is 0. The number of hydrogen-bond donors (Lipinski definition) is 0. The Morgan fingerprint density at radius 1 is 1.38 bits per heavy atom. The van der Waals surface area contributed by atoms with Crippen LogP contribution in [-0.2, 0) is 0 Å². The maximum Gasteiger partial charge on any atom is 0.119 e. The van der Waals surface area contributed by atoms with Gasteiger partial charge in [-0.2, -0.15) is 11.8 Å². The first-order valence-corrected chi connectivity index (χ1v) is 7.72. The molecule has 0 bridgehead atoms. The van der Waals surface area contributed by atoms with E-state index in [0.717, 1.165) is 34.2 Å². The van der Waals surface area contributed by atoms with Crippen LogP contribution in [0.2, 0.25) is 0 Å². The molecular weight excluding hydrogens is 308 g/mol. The standard InChI is InChI=1S/C12H16BrClOS/c1-10(8-14)9-16-7-6-15-12-4-2-11(13)3-5-12/h2-5,10H,6-9H2,1H3. The molecule has 0 aliphatic carbocycles. The van der Waals surface area contributed by atoms with Crippen molar-refractivity contribution in [2.45, 2.75) is 6.92 Å². The molecule has 1 rings (SSSR count). The summed E-state index contributed by atoms with van der Waals surface area (Å²) in [6.07, 6.45) is 0. The van der Waals surface area contributed by atoms with Crippen LogP contribution in [0.1, 0.15) is 6.92 Å². The smallest absolute Gasteiger partial charge is 0.119 e. The van der Waals surface area contributed by atoms with Crippen LogP contribution in [0, 0.1) is 5.92 Å². The summed E-state index contributed by atoms with van der Waals surface area (Å²) in [5.41, 5.74) is 0. The molecule has 0 radical (unpaired) electrons. The highest BCUT2D eigenvalue weighted by atomic mass is 79.9. The summed E-state index contributed by atoms with van der Waals surface area (Å²) in [5.74, 6) is 4.36. The number of rotatable bonds is 7. The first kappa shape index (κ1) is 14.2.